The molecule has 0 saturated carbocycles. The number of nitrogens with one attached hydrogen (secondary N) is 1. The van der Waals surface area contributed by atoms with Crippen LogP contribution in [0.2, 0.25) is 4.34 Å². The Balaban J connectivity index is 1.53. The second kappa shape index (κ2) is 7.21. The third-order valence-corrected chi connectivity index (χ3v) is 5.89. The van der Waals surface area contributed by atoms with Gasteiger partial charge in [-0.1, -0.05) is 29.8 Å². The summed E-state index contributed by atoms with van der Waals surface area (Å²) in [5, 5.41) is 4.07. The summed E-state index contributed by atoms with van der Waals surface area (Å²) in [4.78, 5) is 25.1. The molecule has 7 heteroatoms. The van der Waals surface area contributed by atoms with Crippen molar-refractivity contribution in [1.82, 2.24) is 15.3 Å². The SMILES string of the molecule is Cc1nc(N2CCC[C@@H]2C(=O)NCc2ccc(Cl)s2)nc2ccccc12. The van der Waals surface area contributed by atoms with Gasteiger partial charge in [0.1, 0.15) is 6.04 Å². The maximum Gasteiger partial charge on any atom is 0.243 e. The maximum absolute atomic E-state index is 12.7. The smallest absolute Gasteiger partial charge is 0.243 e. The molecule has 3 heterocycles. The summed E-state index contributed by atoms with van der Waals surface area (Å²) in [5.74, 6) is 0.652. The Hall–Kier alpha value is -2.18. The Morgan fingerprint density at radius 2 is 2.15 bits per heavy atom. The molecule has 4 rings (SSSR count). The van der Waals surface area contributed by atoms with Crippen molar-refractivity contribution in [2.75, 3.05) is 11.4 Å². The molecule has 5 nitrogen and oxygen atoms in total. The largest absolute Gasteiger partial charge is 0.349 e. The number of halogens is 1. The van der Waals surface area contributed by atoms with Crippen molar-refractivity contribution in [3.63, 3.8) is 0 Å². The molecule has 1 aliphatic rings. The number of carbonyl (C=O) groups excluding carboxylic acids is 1. The van der Waals surface area contributed by atoms with Gasteiger partial charge in [-0.3, -0.25) is 4.79 Å². The molecule has 1 aromatic carbocycles. The van der Waals surface area contributed by atoms with E-state index in [1.54, 1.807) is 0 Å². The van der Waals surface area contributed by atoms with E-state index in [1.165, 1.54) is 11.3 Å². The van der Waals surface area contributed by atoms with Crippen LogP contribution < -0.4 is 10.2 Å². The molecule has 1 aliphatic heterocycles. The molecule has 2 aromatic heterocycles. The topological polar surface area (TPSA) is 58.1 Å². The minimum Gasteiger partial charge on any atom is -0.349 e. The standard InChI is InChI=1S/C19H19ClN4OS/c1-12-14-5-2-3-6-15(14)23-19(22-12)24-10-4-7-16(24)18(25)21-11-13-8-9-17(20)26-13/h2-3,5-6,8-9,16H,4,7,10-11H2,1H3,(H,21,25)/t16-/m1/s1. The molecule has 1 N–H and O–H groups in total. The highest BCUT2D eigenvalue weighted by Crippen LogP contribution is 2.26. The summed E-state index contributed by atoms with van der Waals surface area (Å²) in [6, 6.07) is 11.5. The summed E-state index contributed by atoms with van der Waals surface area (Å²) in [6.45, 7) is 3.28. The van der Waals surface area contributed by atoms with E-state index in [1.807, 2.05) is 48.2 Å². The molecule has 0 spiro atoms. The van der Waals surface area contributed by atoms with Crippen molar-refractivity contribution >= 4 is 45.7 Å². The Morgan fingerprint density at radius 1 is 1.31 bits per heavy atom. The van der Waals surface area contributed by atoms with Gasteiger partial charge in [-0.15, -0.1) is 11.3 Å². The highest BCUT2D eigenvalue weighted by Gasteiger charge is 2.32. The summed E-state index contributed by atoms with van der Waals surface area (Å²) >= 11 is 7.43. The van der Waals surface area contributed by atoms with E-state index in [-0.39, 0.29) is 11.9 Å². The number of anilines is 1. The van der Waals surface area contributed by atoms with E-state index in [0.717, 1.165) is 45.2 Å². The number of aromatic nitrogens is 2. The first-order valence-corrected chi connectivity index (χ1v) is 9.83. The fourth-order valence-corrected chi connectivity index (χ4v) is 4.39. The lowest BCUT2D eigenvalue weighted by molar-refractivity contribution is -0.122. The minimum atomic E-state index is -0.231. The number of nitrogens with zero attached hydrogens (tertiary/aromatic N) is 3. The first-order valence-electron chi connectivity index (χ1n) is 8.64. The lowest BCUT2D eigenvalue weighted by atomic mass is 10.2. The fraction of sp³-hybridized carbons (Fsp3) is 0.316. The number of thiophene rings is 1. The first-order chi connectivity index (χ1) is 12.6. The molecular formula is C19H19ClN4OS. The molecule has 1 atom stereocenters. The normalized spacial score (nSPS) is 17.0. The van der Waals surface area contributed by atoms with Gasteiger partial charge in [0.15, 0.2) is 0 Å². The Morgan fingerprint density at radius 3 is 2.96 bits per heavy atom. The molecule has 1 amide bonds. The molecule has 134 valence electrons. The lowest BCUT2D eigenvalue weighted by Gasteiger charge is -2.24. The predicted octanol–water partition coefficient (Wildman–Crippen LogP) is 3.94. The van der Waals surface area contributed by atoms with Crippen LogP contribution in [0.3, 0.4) is 0 Å². The lowest BCUT2D eigenvalue weighted by Crippen LogP contribution is -2.43. The number of benzene rings is 1. The number of hydrogen-bond acceptors (Lipinski definition) is 5. The summed E-state index contributed by atoms with van der Waals surface area (Å²) in [5.41, 5.74) is 1.85. The summed E-state index contributed by atoms with van der Waals surface area (Å²) in [7, 11) is 0. The van der Waals surface area contributed by atoms with E-state index in [4.69, 9.17) is 16.6 Å². The number of amides is 1. The van der Waals surface area contributed by atoms with Crippen molar-refractivity contribution in [3.05, 3.63) is 51.3 Å². The number of hydrogen-bond donors (Lipinski definition) is 1. The molecule has 1 saturated heterocycles. The average molecular weight is 387 g/mol. The van der Waals surface area contributed by atoms with Crippen molar-refractivity contribution in [2.24, 2.45) is 0 Å². The van der Waals surface area contributed by atoms with Gasteiger partial charge in [0, 0.05) is 16.8 Å². The molecule has 1 fully saturated rings. The fourth-order valence-electron chi connectivity index (χ4n) is 3.37. The van der Waals surface area contributed by atoms with E-state index >= 15 is 0 Å². The van der Waals surface area contributed by atoms with Crippen LogP contribution in [0.1, 0.15) is 23.4 Å². The van der Waals surface area contributed by atoms with Crippen LogP contribution in [0.25, 0.3) is 10.9 Å². The van der Waals surface area contributed by atoms with Gasteiger partial charge >= 0.3 is 0 Å². The highest BCUT2D eigenvalue weighted by molar-refractivity contribution is 7.16. The predicted molar refractivity (Wildman–Crippen MR) is 106 cm³/mol. The van der Waals surface area contributed by atoms with Crippen LogP contribution in [-0.2, 0) is 11.3 Å². The van der Waals surface area contributed by atoms with Crippen LogP contribution in [0, 0.1) is 6.92 Å². The van der Waals surface area contributed by atoms with Gasteiger partial charge in [-0.2, -0.15) is 0 Å². The second-order valence-corrected chi connectivity index (χ2v) is 8.20. The number of rotatable bonds is 4. The van der Waals surface area contributed by atoms with E-state index < -0.39 is 0 Å². The number of fused-ring (bicyclic) bond motifs is 1. The quantitative estimate of drug-likeness (QED) is 0.737. The Bertz CT molecular complexity index is 958. The van der Waals surface area contributed by atoms with Crippen molar-refractivity contribution in [2.45, 2.75) is 32.4 Å². The first kappa shape index (κ1) is 17.2. The third-order valence-electron chi connectivity index (χ3n) is 4.66. The molecular weight excluding hydrogens is 368 g/mol. The summed E-state index contributed by atoms with van der Waals surface area (Å²) < 4.78 is 0.733. The zero-order valence-electron chi connectivity index (χ0n) is 14.4. The minimum absolute atomic E-state index is 0.0152. The van der Waals surface area contributed by atoms with Crippen LogP contribution >= 0.6 is 22.9 Å². The van der Waals surface area contributed by atoms with Crippen LogP contribution in [-0.4, -0.2) is 28.5 Å². The maximum atomic E-state index is 12.7. The number of carbonyl (C=O) groups is 1. The average Bonchev–Trinajstić information content (AvgIpc) is 3.28. The monoisotopic (exact) mass is 386 g/mol. The van der Waals surface area contributed by atoms with E-state index in [0.29, 0.717) is 12.5 Å². The molecule has 0 aliphatic carbocycles. The summed E-state index contributed by atoms with van der Waals surface area (Å²) in [6.07, 6.45) is 1.77. The number of aryl methyl sites for hydroxylation is 1. The Kier molecular flexibility index (Phi) is 4.78. The van der Waals surface area contributed by atoms with E-state index in [2.05, 4.69) is 10.3 Å². The Labute approximate surface area is 161 Å². The van der Waals surface area contributed by atoms with E-state index in [9.17, 15) is 4.79 Å². The van der Waals surface area contributed by atoms with Gasteiger partial charge in [0.05, 0.1) is 22.1 Å². The van der Waals surface area contributed by atoms with Crippen molar-refractivity contribution in [3.8, 4) is 0 Å². The van der Waals surface area contributed by atoms with Crippen LogP contribution in [0.4, 0.5) is 5.95 Å². The third kappa shape index (κ3) is 3.39. The zero-order valence-corrected chi connectivity index (χ0v) is 16.0. The van der Waals surface area contributed by atoms with Gasteiger partial charge in [0.2, 0.25) is 11.9 Å². The molecule has 0 radical (unpaired) electrons. The second-order valence-electron chi connectivity index (χ2n) is 6.40. The molecule has 0 bridgehead atoms. The van der Waals surface area contributed by atoms with Crippen LogP contribution in [0.5, 0.6) is 0 Å². The molecule has 0 unspecified atom stereocenters. The highest BCUT2D eigenvalue weighted by atomic mass is 35.5. The van der Waals surface area contributed by atoms with Gasteiger partial charge < -0.3 is 10.2 Å². The zero-order chi connectivity index (χ0) is 18.1. The molecule has 26 heavy (non-hydrogen) atoms. The van der Waals surface area contributed by atoms with Crippen LogP contribution in [0.15, 0.2) is 36.4 Å². The van der Waals surface area contributed by atoms with Gasteiger partial charge in [-0.05, 0) is 38.0 Å². The molecule has 3 aromatic rings. The van der Waals surface area contributed by atoms with Crippen molar-refractivity contribution in [1.29, 1.82) is 0 Å². The van der Waals surface area contributed by atoms with Crippen molar-refractivity contribution < 1.29 is 4.79 Å². The van der Waals surface area contributed by atoms with Gasteiger partial charge in [0.25, 0.3) is 0 Å². The van der Waals surface area contributed by atoms with Gasteiger partial charge in [-0.25, -0.2) is 9.97 Å². The number of para-hydroxylation sites is 1.